The van der Waals surface area contributed by atoms with E-state index >= 15 is 0 Å². The summed E-state index contributed by atoms with van der Waals surface area (Å²) in [5, 5.41) is 0.914. The second kappa shape index (κ2) is 14.1. The predicted molar refractivity (Wildman–Crippen MR) is 158 cm³/mol. The Morgan fingerprint density at radius 1 is 1.07 bits per heavy atom. The maximum Gasteiger partial charge on any atom is 0.415 e. The van der Waals surface area contributed by atoms with Gasteiger partial charge in [0.15, 0.2) is 6.04 Å². The third kappa shape index (κ3) is 8.65. The van der Waals surface area contributed by atoms with Crippen molar-refractivity contribution in [2.45, 2.75) is 49.8 Å². The summed E-state index contributed by atoms with van der Waals surface area (Å²) in [6.45, 7) is 5.75. The van der Waals surface area contributed by atoms with E-state index in [0.29, 0.717) is 31.9 Å². The van der Waals surface area contributed by atoms with E-state index in [0.717, 1.165) is 24.3 Å². The maximum absolute atomic E-state index is 14.0. The number of nitrogens with one attached hydrogen (secondary N) is 1. The first kappa shape index (κ1) is 34.0. The Balaban J connectivity index is 1.71. The first-order valence-electron chi connectivity index (χ1n) is 13.8. The fraction of sp³-hybridized carbons (Fsp3) is 0.414. The van der Waals surface area contributed by atoms with Crippen molar-refractivity contribution >= 4 is 50.0 Å². The summed E-state index contributed by atoms with van der Waals surface area (Å²) in [6, 6.07) is 5.79. The van der Waals surface area contributed by atoms with Gasteiger partial charge < -0.3 is 19.1 Å². The van der Waals surface area contributed by atoms with Gasteiger partial charge in [0.2, 0.25) is 10.2 Å². The van der Waals surface area contributed by atoms with Crippen molar-refractivity contribution in [3.05, 3.63) is 59.9 Å². The van der Waals surface area contributed by atoms with E-state index in [4.69, 9.17) is 14.2 Å². The number of thioether (sulfide) groups is 1. The van der Waals surface area contributed by atoms with Gasteiger partial charge in [0.05, 0.1) is 24.7 Å². The molecule has 0 spiro atoms. The molecule has 0 aliphatic carbocycles. The average Bonchev–Trinajstić information content (AvgIpc) is 2.97. The van der Waals surface area contributed by atoms with Crippen molar-refractivity contribution in [2.75, 3.05) is 32.8 Å². The van der Waals surface area contributed by atoms with Crippen LogP contribution in [0.25, 0.3) is 0 Å². The molecule has 2 amide bonds. The first-order chi connectivity index (χ1) is 21.2. The van der Waals surface area contributed by atoms with E-state index in [2.05, 4.69) is 5.32 Å². The van der Waals surface area contributed by atoms with E-state index < -0.39 is 79.6 Å². The zero-order valence-electron chi connectivity index (χ0n) is 24.7. The zero-order chi connectivity index (χ0) is 32.9. The van der Waals surface area contributed by atoms with Crippen LogP contribution in [0, 0.1) is 5.82 Å². The van der Waals surface area contributed by atoms with E-state index in [1.807, 2.05) is 0 Å². The Hall–Kier alpha value is -3.86. The standard InChI is InChI=1S/C29H32FN3O10S2/c1-29(2,3)43-26(36)22(16-18-4-8-20(9-5-18)42-28(38)32-12-14-41-15-13-32)33(25(35)24-27(37)44-23(34)17-31-24)45(39,40)21-10-6-19(30)7-11-21/h4-11,22,24,31H,12-17H2,1-3H3/t22-,24?/m0/s1. The van der Waals surface area contributed by atoms with Crippen LogP contribution in [-0.4, -0.2) is 96.4 Å². The molecule has 0 saturated carbocycles. The third-order valence-electron chi connectivity index (χ3n) is 6.52. The number of benzene rings is 2. The number of sulfonamides is 1. The maximum atomic E-state index is 14.0. The van der Waals surface area contributed by atoms with Crippen LogP contribution in [0.2, 0.25) is 0 Å². The molecule has 1 unspecified atom stereocenters. The molecule has 2 heterocycles. The fourth-order valence-corrected chi connectivity index (χ4v) is 6.64. The van der Waals surface area contributed by atoms with Crippen LogP contribution in [0.5, 0.6) is 5.75 Å². The lowest BCUT2D eigenvalue weighted by Gasteiger charge is -2.34. The summed E-state index contributed by atoms with van der Waals surface area (Å²) in [5.41, 5.74) is -0.765. The minimum Gasteiger partial charge on any atom is -0.458 e. The summed E-state index contributed by atoms with van der Waals surface area (Å²) in [5.74, 6) is -2.99. The van der Waals surface area contributed by atoms with Crippen LogP contribution in [0.3, 0.4) is 0 Å². The molecular weight excluding hydrogens is 633 g/mol. The van der Waals surface area contributed by atoms with Crippen molar-refractivity contribution in [3.8, 4) is 5.75 Å². The Labute approximate surface area is 263 Å². The van der Waals surface area contributed by atoms with Crippen LogP contribution in [0.15, 0.2) is 53.4 Å². The lowest BCUT2D eigenvalue weighted by atomic mass is 10.0. The van der Waals surface area contributed by atoms with Crippen molar-refractivity contribution in [1.82, 2.24) is 14.5 Å². The highest BCUT2D eigenvalue weighted by molar-refractivity contribution is 8.26. The zero-order valence-corrected chi connectivity index (χ0v) is 26.3. The minimum atomic E-state index is -4.91. The normalized spacial score (nSPS) is 18.2. The minimum absolute atomic E-state index is 0.176. The number of ether oxygens (including phenoxy) is 3. The number of hydrogen-bond donors (Lipinski definition) is 1. The van der Waals surface area contributed by atoms with Gasteiger partial charge in [-0.25, -0.2) is 26.7 Å². The van der Waals surface area contributed by atoms with Gasteiger partial charge >= 0.3 is 12.1 Å². The van der Waals surface area contributed by atoms with Gasteiger partial charge in [-0.3, -0.25) is 19.7 Å². The van der Waals surface area contributed by atoms with Crippen molar-refractivity contribution in [2.24, 2.45) is 0 Å². The quantitative estimate of drug-likeness (QED) is 0.322. The van der Waals surface area contributed by atoms with Gasteiger partial charge in [-0.05, 0) is 74.5 Å². The Morgan fingerprint density at radius 3 is 2.27 bits per heavy atom. The molecule has 2 aromatic carbocycles. The molecule has 2 atom stereocenters. The smallest absolute Gasteiger partial charge is 0.415 e. The number of nitrogens with zero attached hydrogens (tertiary/aromatic N) is 2. The number of esters is 1. The summed E-state index contributed by atoms with van der Waals surface area (Å²) in [7, 11) is -4.91. The number of carbonyl (C=O) groups is 5. The predicted octanol–water partition coefficient (Wildman–Crippen LogP) is 1.89. The highest BCUT2D eigenvalue weighted by Crippen LogP contribution is 2.27. The van der Waals surface area contributed by atoms with E-state index in [1.54, 1.807) is 20.8 Å². The summed E-state index contributed by atoms with van der Waals surface area (Å²) >= 11 is 0.254. The first-order valence-corrected chi connectivity index (χ1v) is 16.1. The molecule has 1 N–H and O–H groups in total. The number of amides is 2. The molecule has 45 heavy (non-hydrogen) atoms. The molecule has 2 aliphatic heterocycles. The molecule has 0 radical (unpaired) electrons. The monoisotopic (exact) mass is 665 g/mol. The Kier molecular flexibility index (Phi) is 10.6. The van der Waals surface area contributed by atoms with Crippen molar-refractivity contribution in [1.29, 1.82) is 0 Å². The van der Waals surface area contributed by atoms with Gasteiger partial charge in [-0.2, -0.15) is 0 Å². The largest absolute Gasteiger partial charge is 0.458 e. The second-order valence-electron chi connectivity index (χ2n) is 11.1. The lowest BCUT2D eigenvalue weighted by molar-refractivity contribution is -0.162. The highest BCUT2D eigenvalue weighted by Gasteiger charge is 2.47. The summed E-state index contributed by atoms with van der Waals surface area (Å²) in [4.78, 5) is 65.5. The Bertz CT molecular complexity index is 1550. The Morgan fingerprint density at radius 2 is 1.69 bits per heavy atom. The third-order valence-corrected chi connectivity index (χ3v) is 9.15. The van der Waals surface area contributed by atoms with Crippen LogP contribution >= 0.6 is 11.8 Å². The SMILES string of the molecule is CC(C)(C)OC(=O)[C@H](Cc1ccc(OC(=O)N2CCOCC2)cc1)N(C(=O)C1NCC(=O)SC1=O)S(=O)(=O)c1ccc(F)cc1. The topological polar surface area (TPSA) is 166 Å². The number of rotatable bonds is 8. The number of halogens is 1. The number of morpholine rings is 1. The van der Waals surface area contributed by atoms with Gasteiger partial charge in [0.25, 0.3) is 15.9 Å². The molecule has 0 aromatic heterocycles. The molecule has 16 heteroatoms. The number of carbonyl (C=O) groups excluding carboxylic acids is 5. The van der Waals surface area contributed by atoms with Crippen LogP contribution in [-0.2, 0) is 45.1 Å². The molecule has 242 valence electrons. The summed E-state index contributed by atoms with van der Waals surface area (Å²) < 4.78 is 58.2. The number of hydrogen-bond acceptors (Lipinski definition) is 12. The highest BCUT2D eigenvalue weighted by atomic mass is 32.2. The average molecular weight is 666 g/mol. The molecule has 2 aliphatic rings. The molecule has 2 aromatic rings. The van der Waals surface area contributed by atoms with Gasteiger partial charge in [0.1, 0.15) is 23.2 Å². The van der Waals surface area contributed by atoms with E-state index in [-0.39, 0.29) is 21.8 Å². The molecule has 4 rings (SSSR count). The molecule has 0 bridgehead atoms. The summed E-state index contributed by atoms with van der Waals surface area (Å²) in [6.07, 6.45) is -0.994. The molecule has 2 saturated heterocycles. The second-order valence-corrected chi connectivity index (χ2v) is 13.9. The van der Waals surface area contributed by atoms with Crippen LogP contribution in [0.4, 0.5) is 9.18 Å². The van der Waals surface area contributed by atoms with Gasteiger partial charge in [-0.15, -0.1) is 0 Å². The van der Waals surface area contributed by atoms with E-state index in [9.17, 15) is 36.8 Å². The van der Waals surface area contributed by atoms with Gasteiger partial charge in [-0.1, -0.05) is 12.1 Å². The van der Waals surface area contributed by atoms with Crippen molar-refractivity contribution in [3.63, 3.8) is 0 Å². The lowest BCUT2D eigenvalue weighted by Crippen LogP contribution is -2.60. The fourth-order valence-electron chi connectivity index (χ4n) is 4.41. The van der Waals surface area contributed by atoms with E-state index in [1.165, 1.54) is 29.2 Å². The molecular formula is C29H32FN3O10S2. The van der Waals surface area contributed by atoms with Gasteiger partial charge in [0, 0.05) is 19.5 Å². The molecule has 13 nitrogen and oxygen atoms in total. The van der Waals surface area contributed by atoms with Crippen molar-refractivity contribution < 1.29 is 51.0 Å². The van der Waals surface area contributed by atoms with Crippen LogP contribution < -0.4 is 10.1 Å². The van der Waals surface area contributed by atoms with Crippen LogP contribution in [0.1, 0.15) is 26.3 Å². The molecule has 2 fully saturated rings.